The van der Waals surface area contributed by atoms with Gasteiger partial charge in [0.1, 0.15) is 11.6 Å². The first kappa shape index (κ1) is 16.9. The Kier molecular flexibility index (Phi) is 3.86. The molecule has 0 N–H and O–H groups in total. The number of rotatable bonds is 4. The van der Waals surface area contributed by atoms with Gasteiger partial charge in [-0.15, -0.1) is 0 Å². The van der Waals surface area contributed by atoms with Gasteiger partial charge in [-0.05, 0) is 25.0 Å². The van der Waals surface area contributed by atoms with E-state index in [1.807, 2.05) is 13.0 Å². The zero-order valence-corrected chi connectivity index (χ0v) is 15.7. The van der Waals surface area contributed by atoms with Gasteiger partial charge in [0.05, 0.1) is 18.3 Å². The van der Waals surface area contributed by atoms with E-state index >= 15 is 0 Å². The molecule has 140 valence electrons. The van der Waals surface area contributed by atoms with Gasteiger partial charge < -0.3 is 9.30 Å². The second kappa shape index (κ2) is 6.41. The largest absolute Gasteiger partial charge is 0.494 e. The van der Waals surface area contributed by atoms with Crippen molar-refractivity contribution in [1.82, 2.24) is 19.5 Å². The molecule has 3 heterocycles. The zero-order chi connectivity index (χ0) is 19.3. The molecule has 28 heavy (non-hydrogen) atoms. The normalized spacial score (nSPS) is 12.2. The van der Waals surface area contributed by atoms with Crippen LogP contribution in [0.2, 0.25) is 0 Å². The number of hydrogen-bond acceptors (Lipinski definition) is 4. The average molecular weight is 374 g/mol. The Balaban J connectivity index is 1.41. The van der Waals surface area contributed by atoms with E-state index in [0.29, 0.717) is 17.3 Å². The van der Waals surface area contributed by atoms with Crippen molar-refractivity contribution in [2.45, 2.75) is 26.3 Å². The Morgan fingerprint density at radius 1 is 1.11 bits per heavy atom. The van der Waals surface area contributed by atoms with Crippen LogP contribution in [0.1, 0.15) is 22.8 Å². The molecule has 2 aromatic heterocycles. The molecule has 5 rings (SSSR count). The summed E-state index contributed by atoms with van der Waals surface area (Å²) in [6.07, 6.45) is 3.54. The Hall–Kier alpha value is -3.28. The van der Waals surface area contributed by atoms with Gasteiger partial charge in [-0.2, -0.15) is 0 Å². The van der Waals surface area contributed by atoms with E-state index < -0.39 is 5.82 Å². The Morgan fingerprint density at radius 2 is 1.96 bits per heavy atom. The number of ether oxygens (including phenoxy) is 1. The molecule has 0 saturated heterocycles. The molecule has 0 atom stereocenters. The molecule has 0 radical (unpaired) electrons. The van der Waals surface area contributed by atoms with Crippen molar-refractivity contribution in [3.63, 3.8) is 0 Å². The standard InChI is InChI=1S/C22H19FN4O/c1-13-17-9-18(23)20(28-2)10-19(17)26-21(24-13)8-7-15-12-27-11-14-5-3-4-6-16(14)22(27)25-15/h3-6,9-10,12H,7-8,11H2,1-2H3. The third-order valence-corrected chi connectivity index (χ3v) is 5.24. The fourth-order valence-corrected chi connectivity index (χ4v) is 3.84. The monoisotopic (exact) mass is 374 g/mol. The number of benzene rings is 2. The number of imidazole rings is 1. The summed E-state index contributed by atoms with van der Waals surface area (Å²) >= 11 is 0. The number of aryl methyl sites for hydroxylation is 3. The lowest BCUT2D eigenvalue weighted by Gasteiger charge is -2.08. The first-order valence-electron chi connectivity index (χ1n) is 9.27. The summed E-state index contributed by atoms with van der Waals surface area (Å²) in [5.41, 5.74) is 5.01. The zero-order valence-electron chi connectivity index (χ0n) is 15.7. The second-order valence-corrected chi connectivity index (χ2v) is 7.07. The summed E-state index contributed by atoms with van der Waals surface area (Å²) in [6.45, 7) is 2.75. The number of nitrogens with zero attached hydrogens (tertiary/aromatic N) is 4. The van der Waals surface area contributed by atoms with E-state index in [1.54, 1.807) is 6.07 Å². The maximum atomic E-state index is 14.0. The van der Waals surface area contributed by atoms with Crippen molar-refractivity contribution in [3.8, 4) is 17.1 Å². The van der Waals surface area contributed by atoms with Crippen LogP contribution in [-0.2, 0) is 19.4 Å². The summed E-state index contributed by atoms with van der Waals surface area (Å²) in [5.74, 6) is 1.55. The first-order chi connectivity index (χ1) is 13.6. The smallest absolute Gasteiger partial charge is 0.165 e. The van der Waals surface area contributed by atoms with Crippen LogP contribution >= 0.6 is 0 Å². The quantitative estimate of drug-likeness (QED) is 0.475. The molecular formula is C22H19FN4O. The molecular weight excluding hydrogens is 355 g/mol. The van der Waals surface area contributed by atoms with Crippen LogP contribution in [0.25, 0.3) is 22.3 Å². The number of methoxy groups -OCH3 is 1. The molecule has 5 nitrogen and oxygen atoms in total. The van der Waals surface area contributed by atoms with Crippen molar-refractivity contribution in [2.24, 2.45) is 0 Å². The maximum absolute atomic E-state index is 14.0. The van der Waals surface area contributed by atoms with Crippen LogP contribution in [0.15, 0.2) is 42.6 Å². The minimum Gasteiger partial charge on any atom is -0.494 e. The van der Waals surface area contributed by atoms with Crippen LogP contribution in [0.4, 0.5) is 4.39 Å². The summed E-state index contributed by atoms with van der Waals surface area (Å²) in [5, 5.41) is 0.708. The highest BCUT2D eigenvalue weighted by Gasteiger charge is 2.20. The van der Waals surface area contributed by atoms with Gasteiger partial charge >= 0.3 is 0 Å². The van der Waals surface area contributed by atoms with E-state index in [1.165, 1.54) is 24.3 Å². The Labute approximate surface area is 161 Å². The van der Waals surface area contributed by atoms with Gasteiger partial charge in [-0.25, -0.2) is 19.3 Å². The third kappa shape index (κ3) is 2.72. The van der Waals surface area contributed by atoms with E-state index in [0.717, 1.165) is 36.0 Å². The highest BCUT2D eigenvalue weighted by Crippen LogP contribution is 2.31. The van der Waals surface area contributed by atoms with E-state index in [9.17, 15) is 4.39 Å². The molecule has 4 aromatic rings. The van der Waals surface area contributed by atoms with Crippen molar-refractivity contribution in [2.75, 3.05) is 7.11 Å². The minimum atomic E-state index is -0.401. The van der Waals surface area contributed by atoms with Crippen LogP contribution in [0.3, 0.4) is 0 Å². The van der Waals surface area contributed by atoms with E-state index in [2.05, 4.69) is 38.9 Å². The summed E-state index contributed by atoms with van der Waals surface area (Å²) in [4.78, 5) is 14.0. The molecule has 1 aliphatic heterocycles. The van der Waals surface area contributed by atoms with Crippen LogP contribution in [0.5, 0.6) is 5.75 Å². The minimum absolute atomic E-state index is 0.195. The lowest BCUT2D eigenvalue weighted by molar-refractivity contribution is 0.387. The lowest BCUT2D eigenvalue weighted by atomic mass is 10.1. The number of halogens is 1. The van der Waals surface area contributed by atoms with Gasteiger partial charge in [0, 0.05) is 41.9 Å². The summed E-state index contributed by atoms with van der Waals surface area (Å²) in [7, 11) is 1.45. The molecule has 2 aromatic carbocycles. The lowest BCUT2D eigenvalue weighted by Crippen LogP contribution is -2.02. The molecule has 0 amide bonds. The fraction of sp³-hybridized carbons (Fsp3) is 0.227. The van der Waals surface area contributed by atoms with Crippen molar-refractivity contribution < 1.29 is 9.13 Å². The van der Waals surface area contributed by atoms with Gasteiger partial charge in [0.2, 0.25) is 0 Å². The molecule has 0 aliphatic carbocycles. The highest BCUT2D eigenvalue weighted by atomic mass is 19.1. The Morgan fingerprint density at radius 3 is 2.82 bits per heavy atom. The number of aromatic nitrogens is 4. The maximum Gasteiger partial charge on any atom is 0.165 e. The third-order valence-electron chi connectivity index (χ3n) is 5.24. The highest BCUT2D eigenvalue weighted by molar-refractivity contribution is 5.82. The first-order valence-corrected chi connectivity index (χ1v) is 9.27. The van der Waals surface area contributed by atoms with Gasteiger partial charge in [0.15, 0.2) is 11.6 Å². The number of hydrogen-bond donors (Lipinski definition) is 0. The molecule has 0 unspecified atom stereocenters. The molecule has 0 saturated carbocycles. The van der Waals surface area contributed by atoms with Crippen LogP contribution in [-0.4, -0.2) is 26.6 Å². The molecule has 1 aliphatic rings. The van der Waals surface area contributed by atoms with Gasteiger partial charge in [-0.1, -0.05) is 24.3 Å². The summed E-state index contributed by atoms with van der Waals surface area (Å²) in [6, 6.07) is 11.4. The van der Waals surface area contributed by atoms with Crippen molar-refractivity contribution in [1.29, 1.82) is 0 Å². The Bertz CT molecular complexity index is 1210. The second-order valence-electron chi connectivity index (χ2n) is 7.07. The topological polar surface area (TPSA) is 52.8 Å². The van der Waals surface area contributed by atoms with Gasteiger partial charge in [-0.3, -0.25) is 0 Å². The van der Waals surface area contributed by atoms with E-state index in [4.69, 9.17) is 9.72 Å². The SMILES string of the molecule is COc1cc2nc(CCc3cn4c(n3)-c3ccccc3C4)nc(C)c2cc1F. The fourth-order valence-electron chi connectivity index (χ4n) is 3.84. The van der Waals surface area contributed by atoms with Crippen LogP contribution < -0.4 is 4.74 Å². The van der Waals surface area contributed by atoms with E-state index in [-0.39, 0.29) is 5.75 Å². The van der Waals surface area contributed by atoms with Gasteiger partial charge in [0.25, 0.3) is 0 Å². The molecule has 0 spiro atoms. The molecule has 0 fully saturated rings. The average Bonchev–Trinajstić information content (AvgIpc) is 3.24. The summed E-state index contributed by atoms with van der Waals surface area (Å²) < 4.78 is 21.2. The molecule has 0 bridgehead atoms. The van der Waals surface area contributed by atoms with Crippen molar-refractivity contribution in [3.05, 3.63) is 71.2 Å². The van der Waals surface area contributed by atoms with Crippen molar-refractivity contribution >= 4 is 10.9 Å². The number of fused-ring (bicyclic) bond motifs is 4. The predicted octanol–water partition coefficient (Wildman–Crippen LogP) is 4.10. The predicted molar refractivity (Wildman–Crippen MR) is 105 cm³/mol. The van der Waals surface area contributed by atoms with Crippen LogP contribution in [0, 0.1) is 12.7 Å². The molecule has 6 heteroatoms.